The highest BCUT2D eigenvalue weighted by Gasteiger charge is 2.18. The van der Waals surface area contributed by atoms with Crippen molar-refractivity contribution in [3.63, 3.8) is 0 Å². The van der Waals surface area contributed by atoms with Crippen LogP contribution in [-0.4, -0.2) is 14.9 Å². The van der Waals surface area contributed by atoms with E-state index < -0.39 is 16.4 Å². The number of ether oxygens (including phenoxy) is 1. The molecule has 0 aliphatic heterocycles. The van der Waals surface area contributed by atoms with Gasteiger partial charge in [-0.25, -0.2) is 9.37 Å². The molecule has 0 aliphatic rings. The molecule has 19 heavy (non-hydrogen) atoms. The van der Waals surface area contributed by atoms with E-state index in [9.17, 15) is 14.5 Å². The van der Waals surface area contributed by atoms with Crippen molar-refractivity contribution in [2.75, 3.05) is 0 Å². The molecule has 0 atom stereocenters. The molecule has 1 aromatic carbocycles. The summed E-state index contributed by atoms with van der Waals surface area (Å²) in [6, 6.07) is 5.73. The summed E-state index contributed by atoms with van der Waals surface area (Å²) in [5, 5.41) is 19.4. The second-order valence-corrected chi connectivity index (χ2v) is 3.31. The summed E-state index contributed by atoms with van der Waals surface area (Å²) in [5.74, 6) is -0.966. The van der Waals surface area contributed by atoms with E-state index in [0.717, 1.165) is 18.2 Å². The normalized spacial score (nSPS) is 9.68. The van der Waals surface area contributed by atoms with Crippen LogP contribution in [0.25, 0.3) is 0 Å². The Labute approximate surface area is 106 Å². The third kappa shape index (κ3) is 2.78. The standard InChI is InChI=1S/C11H5FN4O3/c12-7-1-2-10(9(5-7)16(17)18)19-11-14-4-3-8(6-13)15-11/h1-5H. The summed E-state index contributed by atoms with van der Waals surface area (Å²) in [7, 11) is 0. The second kappa shape index (κ2) is 5.05. The van der Waals surface area contributed by atoms with Crippen LogP contribution in [0.15, 0.2) is 30.5 Å². The quantitative estimate of drug-likeness (QED) is 0.619. The van der Waals surface area contributed by atoms with Gasteiger partial charge in [-0.05, 0) is 18.2 Å². The van der Waals surface area contributed by atoms with Gasteiger partial charge in [0.1, 0.15) is 17.6 Å². The minimum absolute atomic E-state index is 0.0507. The average Bonchev–Trinajstić information content (AvgIpc) is 2.41. The molecule has 0 saturated carbocycles. The largest absolute Gasteiger partial charge is 0.417 e. The van der Waals surface area contributed by atoms with Crippen molar-refractivity contribution in [1.82, 2.24) is 9.97 Å². The van der Waals surface area contributed by atoms with Crippen molar-refractivity contribution in [3.8, 4) is 17.8 Å². The van der Waals surface area contributed by atoms with Gasteiger partial charge in [-0.15, -0.1) is 0 Å². The molecule has 0 amide bonds. The van der Waals surface area contributed by atoms with Crippen molar-refractivity contribution in [2.24, 2.45) is 0 Å². The van der Waals surface area contributed by atoms with Gasteiger partial charge in [-0.3, -0.25) is 10.1 Å². The van der Waals surface area contributed by atoms with Gasteiger partial charge in [0.2, 0.25) is 5.75 Å². The van der Waals surface area contributed by atoms with E-state index in [-0.39, 0.29) is 17.5 Å². The molecule has 0 spiro atoms. The van der Waals surface area contributed by atoms with Gasteiger partial charge < -0.3 is 4.74 Å². The lowest BCUT2D eigenvalue weighted by Gasteiger charge is -2.04. The third-order valence-corrected chi connectivity index (χ3v) is 2.07. The summed E-state index contributed by atoms with van der Waals surface area (Å²) in [5.41, 5.74) is -0.499. The molecule has 1 heterocycles. The van der Waals surface area contributed by atoms with E-state index in [1.165, 1.54) is 12.3 Å². The number of benzene rings is 1. The summed E-state index contributed by atoms with van der Waals surface area (Å²) in [6.45, 7) is 0. The van der Waals surface area contributed by atoms with E-state index in [1.54, 1.807) is 6.07 Å². The molecular formula is C11H5FN4O3. The Kier molecular flexibility index (Phi) is 3.29. The lowest BCUT2D eigenvalue weighted by atomic mass is 10.3. The number of nitriles is 1. The molecule has 7 nitrogen and oxygen atoms in total. The maximum atomic E-state index is 12.9. The first-order valence-corrected chi connectivity index (χ1v) is 4.95. The van der Waals surface area contributed by atoms with Gasteiger partial charge in [0, 0.05) is 6.20 Å². The Hall–Kier alpha value is -3.08. The highest BCUT2D eigenvalue weighted by atomic mass is 19.1. The molecule has 0 N–H and O–H groups in total. The number of halogens is 1. The van der Waals surface area contributed by atoms with Crippen molar-refractivity contribution in [1.29, 1.82) is 5.26 Å². The first kappa shape index (κ1) is 12.4. The summed E-state index contributed by atoms with van der Waals surface area (Å²) in [6.07, 6.45) is 1.27. The molecule has 0 fully saturated rings. The van der Waals surface area contributed by atoms with E-state index in [0.29, 0.717) is 0 Å². The topological polar surface area (TPSA) is 102 Å². The first-order valence-electron chi connectivity index (χ1n) is 4.95. The molecule has 94 valence electrons. The molecular weight excluding hydrogens is 255 g/mol. The zero-order chi connectivity index (χ0) is 13.8. The van der Waals surface area contributed by atoms with Gasteiger partial charge in [0.25, 0.3) is 0 Å². The number of nitro groups is 1. The molecule has 0 aliphatic carbocycles. The van der Waals surface area contributed by atoms with Gasteiger partial charge in [-0.1, -0.05) is 0 Å². The lowest BCUT2D eigenvalue weighted by molar-refractivity contribution is -0.385. The molecule has 0 bridgehead atoms. The summed E-state index contributed by atoms with van der Waals surface area (Å²) in [4.78, 5) is 17.4. The van der Waals surface area contributed by atoms with Crippen LogP contribution in [0.2, 0.25) is 0 Å². The van der Waals surface area contributed by atoms with Crippen LogP contribution in [0, 0.1) is 27.3 Å². The molecule has 1 aromatic heterocycles. The molecule has 8 heteroatoms. The number of hydrogen-bond acceptors (Lipinski definition) is 6. The van der Waals surface area contributed by atoms with Crippen LogP contribution in [0.4, 0.5) is 10.1 Å². The predicted molar refractivity (Wildman–Crippen MR) is 59.9 cm³/mol. The molecule has 2 rings (SSSR count). The fourth-order valence-corrected chi connectivity index (χ4v) is 1.27. The van der Waals surface area contributed by atoms with E-state index in [1.807, 2.05) is 0 Å². The van der Waals surface area contributed by atoms with Gasteiger partial charge in [-0.2, -0.15) is 10.2 Å². The highest BCUT2D eigenvalue weighted by molar-refractivity contribution is 5.47. The van der Waals surface area contributed by atoms with Crippen LogP contribution in [0.1, 0.15) is 5.69 Å². The fraction of sp³-hybridized carbons (Fsp3) is 0. The number of rotatable bonds is 3. The van der Waals surface area contributed by atoms with Crippen molar-refractivity contribution in [3.05, 3.63) is 52.1 Å². The SMILES string of the molecule is N#Cc1ccnc(Oc2ccc(F)cc2[N+](=O)[O-])n1. The van der Waals surface area contributed by atoms with E-state index >= 15 is 0 Å². The Morgan fingerprint density at radius 3 is 2.89 bits per heavy atom. The van der Waals surface area contributed by atoms with Crippen LogP contribution in [0.5, 0.6) is 11.8 Å². The minimum atomic E-state index is -0.785. The second-order valence-electron chi connectivity index (χ2n) is 3.31. The summed E-state index contributed by atoms with van der Waals surface area (Å²) < 4.78 is 18.0. The van der Waals surface area contributed by atoms with Crippen LogP contribution >= 0.6 is 0 Å². The Bertz CT molecular complexity index is 684. The van der Waals surface area contributed by atoms with Crippen LogP contribution in [-0.2, 0) is 0 Å². The monoisotopic (exact) mass is 260 g/mol. The maximum absolute atomic E-state index is 12.9. The zero-order valence-corrected chi connectivity index (χ0v) is 9.28. The number of nitrogens with zero attached hydrogens (tertiary/aromatic N) is 4. The Morgan fingerprint density at radius 1 is 1.42 bits per heavy atom. The van der Waals surface area contributed by atoms with Gasteiger partial charge in [0.05, 0.1) is 11.0 Å². The lowest BCUT2D eigenvalue weighted by Crippen LogP contribution is -1.97. The smallest absolute Gasteiger partial charge is 0.323 e. The molecule has 2 aromatic rings. The van der Waals surface area contributed by atoms with E-state index in [4.69, 9.17) is 10.00 Å². The van der Waals surface area contributed by atoms with Crippen molar-refractivity contribution in [2.45, 2.75) is 0 Å². The molecule has 0 saturated heterocycles. The number of aromatic nitrogens is 2. The maximum Gasteiger partial charge on any atom is 0.323 e. The Balaban J connectivity index is 2.38. The van der Waals surface area contributed by atoms with Crippen LogP contribution in [0.3, 0.4) is 0 Å². The predicted octanol–water partition coefficient (Wildman–Crippen LogP) is 2.19. The van der Waals surface area contributed by atoms with Crippen molar-refractivity contribution < 1.29 is 14.1 Å². The zero-order valence-electron chi connectivity index (χ0n) is 9.28. The van der Waals surface area contributed by atoms with Crippen LogP contribution < -0.4 is 4.74 Å². The molecule has 0 unspecified atom stereocenters. The first-order chi connectivity index (χ1) is 9.10. The number of hydrogen-bond donors (Lipinski definition) is 0. The molecule has 0 radical (unpaired) electrons. The van der Waals surface area contributed by atoms with Gasteiger partial charge in [0.15, 0.2) is 0 Å². The number of nitro benzene ring substituents is 1. The van der Waals surface area contributed by atoms with Crippen molar-refractivity contribution >= 4 is 5.69 Å². The highest BCUT2D eigenvalue weighted by Crippen LogP contribution is 2.30. The summed E-state index contributed by atoms with van der Waals surface area (Å²) >= 11 is 0. The fourth-order valence-electron chi connectivity index (χ4n) is 1.27. The Morgan fingerprint density at radius 2 is 2.21 bits per heavy atom. The third-order valence-electron chi connectivity index (χ3n) is 2.07. The van der Waals surface area contributed by atoms with E-state index in [2.05, 4.69) is 9.97 Å². The minimum Gasteiger partial charge on any atom is -0.417 e. The average molecular weight is 260 g/mol. The van der Waals surface area contributed by atoms with Gasteiger partial charge >= 0.3 is 11.7 Å².